The molecule has 0 fully saturated rings. The van der Waals surface area contributed by atoms with Gasteiger partial charge in [0.15, 0.2) is 5.13 Å². The molecule has 0 unspecified atom stereocenters. The van der Waals surface area contributed by atoms with Crippen LogP contribution in [0.5, 0.6) is 0 Å². The lowest BCUT2D eigenvalue weighted by Crippen LogP contribution is -2.28. The molecule has 0 saturated carbocycles. The van der Waals surface area contributed by atoms with Crippen molar-refractivity contribution >= 4 is 22.4 Å². The third kappa shape index (κ3) is 2.99. The summed E-state index contributed by atoms with van der Waals surface area (Å²) in [4.78, 5) is 15.6. The molecule has 0 spiro atoms. The number of benzene rings is 1. The SMILES string of the molecule is Cc1ccccc1CNc1nc(C(C)(C)C(=O)O)cs1. The molecule has 0 aliphatic rings. The molecule has 0 radical (unpaired) electrons. The minimum Gasteiger partial charge on any atom is -0.481 e. The minimum absolute atomic E-state index is 0.585. The lowest BCUT2D eigenvalue weighted by molar-refractivity contribution is -0.142. The van der Waals surface area contributed by atoms with Gasteiger partial charge in [0.2, 0.25) is 0 Å². The lowest BCUT2D eigenvalue weighted by atomic mass is 9.90. The highest BCUT2D eigenvalue weighted by molar-refractivity contribution is 7.13. The first-order chi connectivity index (χ1) is 9.41. The van der Waals surface area contributed by atoms with Crippen molar-refractivity contribution in [2.24, 2.45) is 0 Å². The average molecular weight is 290 g/mol. The first-order valence-electron chi connectivity index (χ1n) is 6.39. The molecule has 1 heterocycles. The zero-order chi connectivity index (χ0) is 14.8. The lowest BCUT2D eigenvalue weighted by Gasteiger charge is -2.15. The first kappa shape index (κ1) is 14.5. The zero-order valence-electron chi connectivity index (χ0n) is 11.8. The van der Waals surface area contributed by atoms with Gasteiger partial charge in [-0.3, -0.25) is 4.79 Å². The van der Waals surface area contributed by atoms with E-state index in [-0.39, 0.29) is 0 Å². The highest BCUT2D eigenvalue weighted by Gasteiger charge is 2.32. The number of rotatable bonds is 5. The fraction of sp³-hybridized carbons (Fsp3) is 0.333. The molecule has 0 saturated heterocycles. The number of aliphatic carboxylic acids is 1. The Balaban J connectivity index is 2.08. The van der Waals surface area contributed by atoms with Crippen molar-refractivity contribution in [1.82, 2.24) is 4.98 Å². The Morgan fingerprint density at radius 2 is 2.10 bits per heavy atom. The normalized spacial score (nSPS) is 11.3. The number of nitrogens with one attached hydrogen (secondary N) is 1. The van der Waals surface area contributed by atoms with Crippen molar-refractivity contribution in [3.05, 3.63) is 46.5 Å². The van der Waals surface area contributed by atoms with E-state index in [0.29, 0.717) is 12.2 Å². The summed E-state index contributed by atoms with van der Waals surface area (Å²) in [6.07, 6.45) is 0. The highest BCUT2D eigenvalue weighted by atomic mass is 32.1. The van der Waals surface area contributed by atoms with Crippen LogP contribution in [0.4, 0.5) is 5.13 Å². The maximum atomic E-state index is 11.2. The fourth-order valence-electron chi connectivity index (χ4n) is 1.73. The number of carboxylic acid groups (broad SMARTS) is 1. The highest BCUT2D eigenvalue weighted by Crippen LogP contribution is 2.27. The van der Waals surface area contributed by atoms with Crippen molar-refractivity contribution < 1.29 is 9.90 Å². The van der Waals surface area contributed by atoms with Crippen molar-refractivity contribution in [3.63, 3.8) is 0 Å². The van der Waals surface area contributed by atoms with Crippen molar-refractivity contribution in [1.29, 1.82) is 0 Å². The molecule has 1 aromatic carbocycles. The third-order valence-electron chi connectivity index (χ3n) is 3.37. The van der Waals surface area contributed by atoms with Crippen molar-refractivity contribution in [2.45, 2.75) is 32.7 Å². The summed E-state index contributed by atoms with van der Waals surface area (Å²) in [6.45, 7) is 6.08. The van der Waals surface area contributed by atoms with E-state index in [4.69, 9.17) is 0 Å². The van der Waals surface area contributed by atoms with E-state index in [0.717, 1.165) is 5.13 Å². The summed E-state index contributed by atoms with van der Waals surface area (Å²) in [5.74, 6) is -0.867. The molecule has 0 amide bonds. The van der Waals surface area contributed by atoms with E-state index in [9.17, 15) is 9.90 Å². The Kier molecular flexibility index (Phi) is 4.09. The molecular formula is C15H18N2O2S. The Hall–Kier alpha value is -1.88. The van der Waals surface area contributed by atoms with Gasteiger partial charge in [-0.2, -0.15) is 0 Å². The van der Waals surface area contributed by atoms with Gasteiger partial charge in [0, 0.05) is 11.9 Å². The maximum Gasteiger partial charge on any atom is 0.315 e. The number of carboxylic acids is 1. The summed E-state index contributed by atoms with van der Waals surface area (Å²) in [6, 6.07) is 8.15. The van der Waals surface area contributed by atoms with Crippen molar-refractivity contribution in [2.75, 3.05) is 5.32 Å². The second-order valence-corrected chi connectivity index (χ2v) is 6.11. The van der Waals surface area contributed by atoms with E-state index < -0.39 is 11.4 Å². The molecule has 20 heavy (non-hydrogen) atoms. The number of anilines is 1. The molecular weight excluding hydrogens is 272 g/mol. The average Bonchev–Trinajstić information content (AvgIpc) is 2.87. The van der Waals surface area contributed by atoms with Crippen LogP contribution in [0.1, 0.15) is 30.7 Å². The molecule has 1 aromatic heterocycles. The van der Waals surface area contributed by atoms with Crippen LogP contribution in [0, 0.1) is 6.92 Å². The van der Waals surface area contributed by atoms with Crippen LogP contribution in [-0.2, 0) is 16.8 Å². The van der Waals surface area contributed by atoms with Crippen molar-refractivity contribution in [3.8, 4) is 0 Å². The van der Waals surface area contributed by atoms with E-state index in [1.165, 1.54) is 22.5 Å². The van der Waals surface area contributed by atoms with Gasteiger partial charge in [-0.15, -0.1) is 11.3 Å². The van der Waals surface area contributed by atoms with Gasteiger partial charge in [0.05, 0.1) is 5.69 Å². The molecule has 0 atom stereocenters. The number of aromatic nitrogens is 1. The van der Waals surface area contributed by atoms with Crippen LogP contribution in [0.2, 0.25) is 0 Å². The Morgan fingerprint density at radius 1 is 1.40 bits per heavy atom. The van der Waals surface area contributed by atoms with Gasteiger partial charge in [0.25, 0.3) is 0 Å². The van der Waals surface area contributed by atoms with Crippen LogP contribution in [0.3, 0.4) is 0 Å². The van der Waals surface area contributed by atoms with Gasteiger partial charge >= 0.3 is 5.97 Å². The quantitative estimate of drug-likeness (QED) is 0.885. The molecule has 5 heteroatoms. The first-order valence-corrected chi connectivity index (χ1v) is 7.27. The minimum atomic E-state index is -0.959. The number of hydrogen-bond acceptors (Lipinski definition) is 4. The summed E-state index contributed by atoms with van der Waals surface area (Å²) < 4.78 is 0. The summed E-state index contributed by atoms with van der Waals surface area (Å²) in [5.41, 5.74) is 2.06. The molecule has 2 N–H and O–H groups in total. The smallest absolute Gasteiger partial charge is 0.315 e. The zero-order valence-corrected chi connectivity index (χ0v) is 12.6. The Bertz CT molecular complexity index is 620. The molecule has 2 aromatic rings. The van der Waals surface area contributed by atoms with E-state index in [1.807, 2.05) is 12.1 Å². The largest absolute Gasteiger partial charge is 0.481 e. The van der Waals surface area contributed by atoms with Crippen LogP contribution >= 0.6 is 11.3 Å². The molecule has 0 aliphatic carbocycles. The number of thiazole rings is 1. The van der Waals surface area contributed by atoms with Gasteiger partial charge in [-0.05, 0) is 31.9 Å². The van der Waals surface area contributed by atoms with Crippen LogP contribution in [0.15, 0.2) is 29.6 Å². The van der Waals surface area contributed by atoms with E-state index in [2.05, 4.69) is 29.4 Å². The molecule has 4 nitrogen and oxygen atoms in total. The summed E-state index contributed by atoms with van der Waals surface area (Å²) in [7, 11) is 0. The number of aryl methyl sites for hydroxylation is 1. The number of hydrogen-bond donors (Lipinski definition) is 2. The maximum absolute atomic E-state index is 11.2. The van der Waals surface area contributed by atoms with Crippen LogP contribution in [0.25, 0.3) is 0 Å². The predicted octanol–water partition coefficient (Wildman–Crippen LogP) is 3.43. The van der Waals surface area contributed by atoms with Crippen LogP contribution in [-0.4, -0.2) is 16.1 Å². The molecule has 0 aliphatic heterocycles. The van der Waals surface area contributed by atoms with E-state index in [1.54, 1.807) is 19.2 Å². The monoisotopic (exact) mass is 290 g/mol. The predicted molar refractivity (Wildman–Crippen MR) is 81.3 cm³/mol. The number of nitrogens with zero attached hydrogens (tertiary/aromatic N) is 1. The Morgan fingerprint density at radius 3 is 2.75 bits per heavy atom. The van der Waals surface area contributed by atoms with Gasteiger partial charge in [0.1, 0.15) is 5.41 Å². The number of carbonyl (C=O) groups is 1. The van der Waals surface area contributed by atoms with Crippen LogP contribution < -0.4 is 5.32 Å². The third-order valence-corrected chi connectivity index (χ3v) is 4.17. The second kappa shape index (κ2) is 5.63. The van der Waals surface area contributed by atoms with Gasteiger partial charge in [-0.25, -0.2) is 4.98 Å². The topological polar surface area (TPSA) is 62.2 Å². The molecule has 2 rings (SSSR count). The van der Waals surface area contributed by atoms with Gasteiger partial charge < -0.3 is 10.4 Å². The van der Waals surface area contributed by atoms with E-state index >= 15 is 0 Å². The second-order valence-electron chi connectivity index (χ2n) is 5.25. The molecule has 106 valence electrons. The van der Waals surface area contributed by atoms with Gasteiger partial charge in [-0.1, -0.05) is 24.3 Å². The molecule has 0 bridgehead atoms. The summed E-state index contributed by atoms with van der Waals surface area (Å²) in [5, 5.41) is 15.0. The Labute approximate surface area is 122 Å². The summed E-state index contributed by atoms with van der Waals surface area (Å²) >= 11 is 1.43. The standard InChI is InChI=1S/C15H18N2O2S/c1-10-6-4-5-7-11(10)8-16-14-17-12(9-20-14)15(2,3)13(18)19/h4-7,9H,8H2,1-3H3,(H,16,17)(H,18,19). The fourth-order valence-corrected chi connectivity index (χ4v) is 2.61.